The van der Waals surface area contributed by atoms with Crippen molar-refractivity contribution in [2.75, 3.05) is 23.7 Å². The Balaban J connectivity index is 1.84. The van der Waals surface area contributed by atoms with E-state index >= 15 is 0 Å². The van der Waals surface area contributed by atoms with Crippen LogP contribution in [0.5, 0.6) is 0 Å². The van der Waals surface area contributed by atoms with Crippen LogP contribution in [-0.2, 0) is 0 Å². The summed E-state index contributed by atoms with van der Waals surface area (Å²) in [5.74, 6) is 1.54. The molecule has 8 nitrogen and oxygen atoms in total. The fraction of sp³-hybridized carbons (Fsp3) is 0.389. The van der Waals surface area contributed by atoms with Crippen LogP contribution in [0.4, 0.5) is 11.9 Å². The molecule has 9 heteroatoms. The molecule has 2 heterocycles. The second-order valence-corrected chi connectivity index (χ2v) is 7.34. The highest BCUT2D eigenvalue weighted by molar-refractivity contribution is 8.00. The number of ketones is 1. The average Bonchev–Trinajstić information content (AvgIpc) is 3.05. The van der Waals surface area contributed by atoms with Crippen molar-refractivity contribution >= 4 is 35.2 Å². The van der Waals surface area contributed by atoms with Crippen molar-refractivity contribution in [1.82, 2.24) is 24.6 Å². The molecule has 1 aromatic carbocycles. The molecule has 0 aliphatic carbocycles. The van der Waals surface area contributed by atoms with Crippen LogP contribution in [0, 0.1) is 6.92 Å². The van der Waals surface area contributed by atoms with E-state index in [-0.39, 0.29) is 11.0 Å². The number of nitrogens with one attached hydrogen (secondary N) is 2. The second kappa shape index (κ2) is 8.34. The smallest absolute Gasteiger partial charge is 0.259 e. The number of thioether (sulfide) groups is 1. The van der Waals surface area contributed by atoms with E-state index in [1.807, 2.05) is 52.0 Å². The van der Waals surface area contributed by atoms with Crippen LogP contribution < -0.4 is 10.6 Å². The van der Waals surface area contributed by atoms with Gasteiger partial charge in [0.05, 0.1) is 5.25 Å². The van der Waals surface area contributed by atoms with Crippen LogP contribution in [-0.4, -0.2) is 48.7 Å². The van der Waals surface area contributed by atoms with Gasteiger partial charge >= 0.3 is 0 Å². The summed E-state index contributed by atoms with van der Waals surface area (Å²) in [7, 11) is 0. The number of carbonyl (C=O) groups is 1. The molecule has 3 rings (SSSR count). The van der Waals surface area contributed by atoms with Crippen LogP contribution in [0.2, 0.25) is 0 Å². The summed E-state index contributed by atoms with van der Waals surface area (Å²) in [5, 5.41) is 10.9. The van der Waals surface area contributed by atoms with Crippen LogP contribution >= 0.6 is 11.8 Å². The highest BCUT2D eigenvalue weighted by atomic mass is 32.2. The molecule has 2 aromatic heterocycles. The fourth-order valence-electron chi connectivity index (χ4n) is 2.49. The van der Waals surface area contributed by atoms with E-state index in [4.69, 9.17) is 0 Å². The zero-order valence-corrected chi connectivity index (χ0v) is 16.7. The predicted molar refractivity (Wildman–Crippen MR) is 108 cm³/mol. The van der Waals surface area contributed by atoms with Gasteiger partial charge in [0.2, 0.25) is 17.1 Å². The summed E-state index contributed by atoms with van der Waals surface area (Å²) in [6.07, 6.45) is 0. The first-order valence-corrected chi connectivity index (χ1v) is 9.79. The molecule has 0 amide bonds. The maximum Gasteiger partial charge on any atom is 0.259 e. The zero-order valence-electron chi connectivity index (χ0n) is 15.9. The summed E-state index contributed by atoms with van der Waals surface area (Å²) in [6, 6.07) is 7.58. The Morgan fingerprint density at radius 1 is 1.11 bits per heavy atom. The Bertz CT molecular complexity index is 939. The second-order valence-electron chi connectivity index (χ2n) is 6.03. The van der Waals surface area contributed by atoms with Crippen LogP contribution in [0.3, 0.4) is 0 Å². The molecule has 3 aromatic rings. The number of fused-ring (bicyclic) bond motifs is 1. The van der Waals surface area contributed by atoms with E-state index in [0.29, 0.717) is 41.5 Å². The molecule has 2 N–H and O–H groups in total. The normalized spacial score (nSPS) is 12.1. The van der Waals surface area contributed by atoms with Crippen molar-refractivity contribution in [3.05, 3.63) is 35.4 Å². The number of anilines is 2. The summed E-state index contributed by atoms with van der Waals surface area (Å²) in [4.78, 5) is 25.9. The van der Waals surface area contributed by atoms with Gasteiger partial charge in [0.25, 0.3) is 5.78 Å². The van der Waals surface area contributed by atoms with E-state index in [1.165, 1.54) is 11.8 Å². The molecular formula is C18H23N7OS. The van der Waals surface area contributed by atoms with Gasteiger partial charge in [-0.2, -0.15) is 19.5 Å². The monoisotopic (exact) mass is 385 g/mol. The third-order valence-electron chi connectivity index (χ3n) is 3.85. The van der Waals surface area contributed by atoms with Gasteiger partial charge in [-0.25, -0.2) is 0 Å². The summed E-state index contributed by atoms with van der Waals surface area (Å²) in [5.41, 5.74) is 1.81. The molecule has 0 unspecified atom stereocenters. The molecule has 0 radical (unpaired) electrons. The first-order valence-electron chi connectivity index (χ1n) is 8.92. The first-order chi connectivity index (χ1) is 13.0. The van der Waals surface area contributed by atoms with Gasteiger partial charge in [-0.15, -0.1) is 5.10 Å². The Morgan fingerprint density at radius 2 is 1.81 bits per heavy atom. The van der Waals surface area contributed by atoms with Gasteiger partial charge in [0.15, 0.2) is 5.78 Å². The molecule has 0 fully saturated rings. The third kappa shape index (κ3) is 4.36. The van der Waals surface area contributed by atoms with E-state index in [9.17, 15) is 4.79 Å². The zero-order chi connectivity index (χ0) is 19.4. The van der Waals surface area contributed by atoms with Gasteiger partial charge in [-0.05, 0) is 27.7 Å². The van der Waals surface area contributed by atoms with E-state index in [2.05, 4.69) is 30.7 Å². The number of benzene rings is 1. The number of rotatable bonds is 8. The minimum Gasteiger partial charge on any atom is -0.354 e. The van der Waals surface area contributed by atoms with Crippen LogP contribution in [0.1, 0.15) is 36.7 Å². The van der Waals surface area contributed by atoms with Crippen molar-refractivity contribution < 1.29 is 4.79 Å². The van der Waals surface area contributed by atoms with Crippen molar-refractivity contribution in [2.45, 2.75) is 38.1 Å². The maximum atomic E-state index is 12.7. The Morgan fingerprint density at radius 3 is 2.48 bits per heavy atom. The number of carbonyl (C=O) groups excluding carboxylic acids is 1. The summed E-state index contributed by atoms with van der Waals surface area (Å²) in [6.45, 7) is 9.22. The van der Waals surface area contributed by atoms with Crippen molar-refractivity contribution in [1.29, 1.82) is 0 Å². The molecule has 0 bridgehead atoms. The van der Waals surface area contributed by atoms with Crippen molar-refractivity contribution in [3.8, 4) is 0 Å². The number of Topliss-reactive ketones (excluding diaryl/α,β-unsaturated/α-hetero) is 1. The van der Waals surface area contributed by atoms with E-state index in [1.54, 1.807) is 4.52 Å². The first kappa shape index (κ1) is 19.1. The van der Waals surface area contributed by atoms with Gasteiger partial charge in [-0.3, -0.25) is 4.79 Å². The number of aryl methyl sites for hydroxylation is 1. The van der Waals surface area contributed by atoms with Gasteiger partial charge in [-0.1, -0.05) is 41.6 Å². The van der Waals surface area contributed by atoms with Gasteiger partial charge < -0.3 is 10.6 Å². The van der Waals surface area contributed by atoms with Crippen molar-refractivity contribution in [3.63, 3.8) is 0 Å². The molecule has 0 aliphatic heterocycles. The number of hydrogen-bond acceptors (Lipinski definition) is 8. The van der Waals surface area contributed by atoms with Crippen LogP contribution in [0.15, 0.2) is 29.4 Å². The Labute approximate surface area is 162 Å². The molecular weight excluding hydrogens is 362 g/mol. The Kier molecular flexibility index (Phi) is 5.90. The molecule has 0 aliphatic rings. The van der Waals surface area contributed by atoms with Crippen LogP contribution in [0.25, 0.3) is 5.78 Å². The molecule has 142 valence electrons. The van der Waals surface area contributed by atoms with E-state index < -0.39 is 0 Å². The topological polar surface area (TPSA) is 97.1 Å². The summed E-state index contributed by atoms with van der Waals surface area (Å²) < 4.78 is 1.57. The van der Waals surface area contributed by atoms with E-state index in [0.717, 1.165) is 5.56 Å². The lowest BCUT2D eigenvalue weighted by Gasteiger charge is -2.08. The fourth-order valence-corrected chi connectivity index (χ4v) is 3.31. The number of nitrogens with zero attached hydrogens (tertiary/aromatic N) is 5. The predicted octanol–water partition coefficient (Wildman–Crippen LogP) is 3.05. The molecule has 1 atom stereocenters. The maximum absolute atomic E-state index is 12.7. The summed E-state index contributed by atoms with van der Waals surface area (Å²) >= 11 is 1.31. The lowest BCUT2D eigenvalue weighted by atomic mass is 10.1. The lowest BCUT2D eigenvalue weighted by molar-refractivity contribution is 0.0994. The molecule has 0 saturated heterocycles. The quantitative estimate of drug-likeness (QED) is 0.451. The lowest BCUT2D eigenvalue weighted by Crippen LogP contribution is -2.13. The molecule has 0 saturated carbocycles. The van der Waals surface area contributed by atoms with Gasteiger partial charge in [0, 0.05) is 18.7 Å². The van der Waals surface area contributed by atoms with Crippen molar-refractivity contribution in [2.24, 2.45) is 0 Å². The molecule has 27 heavy (non-hydrogen) atoms. The minimum atomic E-state index is -0.311. The standard InChI is InChI=1S/C18H23N7OS/c1-5-19-15-21-16(20-6-2)25-17(22-15)23-18(24-25)27-12(4)14(26)13-9-7-11(3)8-10-13/h7-10,12H,5-6H2,1-4H3,(H2,19,20,21,22,23,24)/t12-/m1/s1. The number of hydrogen-bond donors (Lipinski definition) is 2. The van der Waals surface area contributed by atoms with Gasteiger partial charge in [0.1, 0.15) is 0 Å². The Hall–Kier alpha value is -2.68. The third-order valence-corrected chi connectivity index (χ3v) is 4.80. The molecule has 0 spiro atoms. The largest absolute Gasteiger partial charge is 0.354 e. The number of aromatic nitrogens is 5. The average molecular weight is 385 g/mol. The highest BCUT2D eigenvalue weighted by Crippen LogP contribution is 2.24. The highest BCUT2D eigenvalue weighted by Gasteiger charge is 2.20. The minimum absolute atomic E-state index is 0.0465. The SMILES string of the molecule is CCNc1nc(NCC)n2nc(S[C@H](C)C(=O)c3ccc(C)cc3)nc2n1.